The molecule has 4 heterocycles. The van der Waals surface area contributed by atoms with Crippen molar-refractivity contribution in [1.29, 1.82) is 0 Å². The Kier molecular flexibility index (Phi) is 15.2. The molecule has 3 saturated heterocycles. The van der Waals surface area contributed by atoms with Crippen molar-refractivity contribution >= 4 is 23.8 Å². The molecule has 3 unspecified atom stereocenters. The van der Waals surface area contributed by atoms with Crippen LogP contribution >= 0.6 is 0 Å². The maximum atomic E-state index is 13.0. The van der Waals surface area contributed by atoms with Gasteiger partial charge in [-0.1, -0.05) is 12.1 Å². The topological polar surface area (TPSA) is 245 Å². The molecule has 3 aliphatic heterocycles. The number of aryl methyl sites for hydroxylation is 1. The van der Waals surface area contributed by atoms with E-state index in [1.54, 1.807) is 18.1 Å². The first-order valence-electron chi connectivity index (χ1n) is 16.6. The molecule has 0 aromatic carbocycles. The number of aliphatic hydroxyl groups excluding tert-OH is 4. The van der Waals surface area contributed by atoms with E-state index in [1.165, 1.54) is 4.68 Å². The molecule has 282 valence electrons. The quantitative estimate of drug-likeness (QED) is 0.118. The van der Waals surface area contributed by atoms with Gasteiger partial charge in [-0.15, -0.1) is 5.10 Å². The SMILES string of the molecule is CCN1CCN2CCN(CC(=O)NCCCc3cn(C[C@H]4OC(O)[C@H](O)[C@@H](O)[C@@H]4O)nn3)CCN(C)CC(=O)ON(COC(=O)C2)OC(=O)C1. The van der Waals surface area contributed by atoms with Crippen molar-refractivity contribution in [2.75, 3.05) is 92.3 Å². The van der Waals surface area contributed by atoms with Gasteiger partial charge in [-0.3, -0.25) is 29.2 Å². The Morgan fingerprint density at radius 3 is 2.34 bits per heavy atom. The number of carbonyl (C=O) groups excluding carboxylic acids is 4. The number of hydrogen-bond donors (Lipinski definition) is 5. The lowest BCUT2D eigenvalue weighted by Gasteiger charge is -2.38. The van der Waals surface area contributed by atoms with E-state index >= 15 is 0 Å². The summed E-state index contributed by atoms with van der Waals surface area (Å²) < 4.78 is 11.8. The summed E-state index contributed by atoms with van der Waals surface area (Å²) in [4.78, 5) is 68.5. The minimum atomic E-state index is -1.64. The molecule has 0 radical (unpaired) electrons. The number of fused-ring (bicyclic) bond motifs is 5. The van der Waals surface area contributed by atoms with Gasteiger partial charge in [-0.25, -0.2) is 14.3 Å². The summed E-state index contributed by atoms with van der Waals surface area (Å²) in [6.07, 6.45) is -4.61. The number of aromatic nitrogens is 3. The predicted molar refractivity (Wildman–Crippen MR) is 168 cm³/mol. The maximum Gasteiger partial charge on any atom is 0.343 e. The van der Waals surface area contributed by atoms with E-state index in [9.17, 15) is 39.6 Å². The van der Waals surface area contributed by atoms with E-state index < -0.39 is 55.3 Å². The van der Waals surface area contributed by atoms with E-state index in [4.69, 9.17) is 19.1 Å². The van der Waals surface area contributed by atoms with Crippen LogP contribution in [0.15, 0.2) is 6.20 Å². The van der Waals surface area contributed by atoms with Crippen LogP contribution < -0.4 is 5.32 Å². The van der Waals surface area contributed by atoms with E-state index in [1.807, 2.05) is 21.6 Å². The second kappa shape index (κ2) is 19.3. The number of carbonyl (C=O) groups is 4. The van der Waals surface area contributed by atoms with Gasteiger partial charge in [-0.2, -0.15) is 0 Å². The second-order valence-corrected chi connectivity index (χ2v) is 12.5. The van der Waals surface area contributed by atoms with Crippen molar-refractivity contribution in [2.24, 2.45) is 0 Å². The normalized spacial score (nSPS) is 30.4. The highest BCUT2D eigenvalue weighted by Gasteiger charge is 2.43. The molecule has 7 atom stereocenters. The fourth-order valence-corrected chi connectivity index (χ4v) is 5.52. The second-order valence-electron chi connectivity index (χ2n) is 12.5. The first-order chi connectivity index (χ1) is 23.9. The van der Waals surface area contributed by atoms with Crippen LogP contribution in [-0.4, -0.2) is 207 Å². The van der Waals surface area contributed by atoms with Crippen LogP contribution in [0.25, 0.3) is 0 Å². The Morgan fingerprint density at radius 1 is 0.900 bits per heavy atom. The fourth-order valence-electron chi connectivity index (χ4n) is 5.52. The van der Waals surface area contributed by atoms with Crippen molar-refractivity contribution in [2.45, 2.75) is 57.0 Å². The van der Waals surface area contributed by atoms with Crippen molar-refractivity contribution in [3.05, 3.63) is 11.9 Å². The molecule has 0 saturated carbocycles. The third-order valence-electron chi connectivity index (χ3n) is 8.49. The van der Waals surface area contributed by atoms with E-state index in [-0.39, 0.29) is 38.6 Å². The van der Waals surface area contributed by atoms with Crippen molar-refractivity contribution < 1.29 is 58.8 Å². The largest absolute Gasteiger partial charge is 0.441 e. The number of amides is 1. The zero-order valence-electron chi connectivity index (χ0n) is 28.4. The lowest BCUT2D eigenvalue weighted by Crippen LogP contribution is -2.58. The van der Waals surface area contributed by atoms with Gasteiger partial charge in [0.15, 0.2) is 6.29 Å². The van der Waals surface area contributed by atoms with Crippen molar-refractivity contribution in [3.63, 3.8) is 0 Å². The van der Waals surface area contributed by atoms with Crippen LogP contribution in [0.1, 0.15) is 19.0 Å². The average Bonchev–Trinajstić information content (AvgIpc) is 3.52. The average molecular weight is 716 g/mol. The Balaban J connectivity index is 1.29. The van der Waals surface area contributed by atoms with Crippen LogP contribution in [0.3, 0.4) is 0 Å². The molecule has 21 heteroatoms. The fraction of sp³-hybridized carbons (Fsp3) is 0.793. The molecule has 5 N–H and O–H groups in total. The van der Waals surface area contributed by atoms with E-state index in [0.717, 1.165) is 0 Å². The van der Waals surface area contributed by atoms with Crippen LogP contribution in [0.2, 0.25) is 0 Å². The molecule has 21 nitrogen and oxygen atoms in total. The third kappa shape index (κ3) is 12.4. The first kappa shape index (κ1) is 39.4. The summed E-state index contributed by atoms with van der Waals surface area (Å²) in [6.45, 7) is 4.65. The van der Waals surface area contributed by atoms with Gasteiger partial charge < -0.3 is 44.9 Å². The van der Waals surface area contributed by atoms with Gasteiger partial charge >= 0.3 is 17.9 Å². The van der Waals surface area contributed by atoms with Crippen LogP contribution in [-0.2, 0) is 51.3 Å². The number of ether oxygens (including phenoxy) is 2. The van der Waals surface area contributed by atoms with Gasteiger partial charge in [0.1, 0.15) is 24.4 Å². The summed E-state index contributed by atoms with van der Waals surface area (Å²) >= 11 is 0. The summed E-state index contributed by atoms with van der Waals surface area (Å²) in [7, 11) is 1.71. The van der Waals surface area contributed by atoms with Gasteiger partial charge in [0.25, 0.3) is 0 Å². The molecule has 1 aromatic heterocycles. The standard InChI is InChI=1S/C29H49N9O12/c1-3-34-9-10-36-12-11-35(8-7-33(2)16-24(41)49-38(50-25(42)18-34)19-47-23(40)17-36)15-22(39)30-6-4-5-20-13-37(32-31-20)14-21-26(43)27(44)28(45)29(46)48-21/h13,21,26-29,43-46H,3-12,14-19H2,1-2H3,(H,30,39)/t21-,26-,27+,28-,29?/m1/s1. The number of rotatable bonds is 9. The number of aliphatic hydroxyl groups is 4. The number of nitrogens with one attached hydrogen (secondary N) is 1. The maximum absolute atomic E-state index is 13.0. The number of esters is 1. The highest BCUT2D eigenvalue weighted by atomic mass is 17.0. The van der Waals surface area contributed by atoms with Crippen LogP contribution in [0.5, 0.6) is 0 Å². The summed E-state index contributed by atoms with van der Waals surface area (Å²) in [6, 6.07) is 0. The third-order valence-corrected chi connectivity index (χ3v) is 8.49. The zero-order valence-corrected chi connectivity index (χ0v) is 28.4. The van der Waals surface area contributed by atoms with Crippen molar-refractivity contribution in [3.8, 4) is 0 Å². The molecule has 50 heavy (non-hydrogen) atoms. The summed E-state index contributed by atoms with van der Waals surface area (Å²) in [5.41, 5.74) is 0.618. The molecule has 1 aromatic rings. The first-order valence-corrected chi connectivity index (χ1v) is 16.6. The number of nitrogens with zero attached hydrogens (tertiary/aromatic N) is 8. The molecule has 0 spiro atoms. The van der Waals surface area contributed by atoms with E-state index in [2.05, 4.69) is 15.6 Å². The minimum Gasteiger partial charge on any atom is -0.441 e. The van der Waals surface area contributed by atoms with Gasteiger partial charge in [-0.05, 0) is 26.4 Å². The molecule has 4 rings (SSSR count). The highest BCUT2D eigenvalue weighted by molar-refractivity contribution is 5.78. The smallest absolute Gasteiger partial charge is 0.343 e. The minimum absolute atomic E-state index is 0.0139. The summed E-state index contributed by atoms with van der Waals surface area (Å²) in [5.74, 6) is -2.20. The Hall–Kier alpha value is -3.38. The molecule has 3 aliphatic rings. The molecule has 2 bridgehead atoms. The lowest BCUT2D eigenvalue weighted by atomic mass is 9.99. The Bertz CT molecular complexity index is 1270. The number of hydrogen-bond acceptors (Lipinski definition) is 19. The molecule has 3 fully saturated rings. The molecule has 1 amide bonds. The van der Waals surface area contributed by atoms with Gasteiger partial charge in [0, 0.05) is 52.0 Å². The van der Waals surface area contributed by atoms with E-state index in [0.29, 0.717) is 76.1 Å². The monoisotopic (exact) mass is 715 g/mol. The van der Waals surface area contributed by atoms with Crippen LogP contribution in [0, 0.1) is 0 Å². The van der Waals surface area contributed by atoms with Gasteiger partial charge in [0.2, 0.25) is 12.6 Å². The Morgan fingerprint density at radius 2 is 1.60 bits per heavy atom. The predicted octanol–water partition coefficient (Wildman–Crippen LogP) is -5.27. The zero-order chi connectivity index (χ0) is 36.2. The van der Waals surface area contributed by atoms with Crippen molar-refractivity contribution in [1.82, 2.24) is 45.1 Å². The van der Waals surface area contributed by atoms with Gasteiger partial charge in [0.05, 0.1) is 43.6 Å². The van der Waals surface area contributed by atoms with Crippen LogP contribution in [0.4, 0.5) is 0 Å². The lowest BCUT2D eigenvalue weighted by molar-refractivity contribution is -0.348. The number of hydroxylamine groups is 2. The molecular formula is C29H49N9O12. The number of likely N-dealkylation sites (N-methyl/N-ethyl adjacent to an activating group) is 2. The Labute approximate surface area is 289 Å². The molecule has 0 aliphatic carbocycles. The summed E-state index contributed by atoms with van der Waals surface area (Å²) in [5, 5.41) is 51.0. The molecular weight excluding hydrogens is 666 g/mol. The highest BCUT2D eigenvalue weighted by Crippen LogP contribution is 2.21.